The van der Waals surface area contributed by atoms with E-state index in [1.165, 1.54) is 6.07 Å². The lowest BCUT2D eigenvalue weighted by molar-refractivity contribution is 0.631. The SMILES string of the molecule is Cc1ccnc2c(F)cc(CC(C)N)cc12. The molecule has 0 saturated heterocycles. The van der Waals surface area contributed by atoms with Crippen molar-refractivity contribution in [2.75, 3.05) is 0 Å². The van der Waals surface area contributed by atoms with Gasteiger partial charge < -0.3 is 5.73 Å². The number of benzene rings is 1. The fourth-order valence-electron chi connectivity index (χ4n) is 1.89. The molecule has 0 aliphatic carbocycles. The van der Waals surface area contributed by atoms with Gasteiger partial charge in [-0.2, -0.15) is 0 Å². The predicted molar refractivity (Wildman–Crippen MR) is 63.8 cm³/mol. The van der Waals surface area contributed by atoms with Crippen LogP contribution in [0.25, 0.3) is 10.9 Å². The standard InChI is InChI=1S/C13H15FN2/c1-8-3-4-16-13-11(8)6-10(5-9(2)15)7-12(13)14/h3-4,6-7,9H,5,15H2,1-2H3. The lowest BCUT2D eigenvalue weighted by atomic mass is 10.0. The van der Waals surface area contributed by atoms with Gasteiger partial charge in [-0.1, -0.05) is 0 Å². The first-order valence-electron chi connectivity index (χ1n) is 5.37. The Labute approximate surface area is 94.3 Å². The van der Waals surface area contributed by atoms with Crippen molar-refractivity contribution >= 4 is 10.9 Å². The van der Waals surface area contributed by atoms with E-state index < -0.39 is 0 Å². The summed E-state index contributed by atoms with van der Waals surface area (Å²) in [7, 11) is 0. The van der Waals surface area contributed by atoms with Crippen molar-refractivity contribution in [2.24, 2.45) is 5.73 Å². The Balaban J connectivity index is 2.61. The molecule has 3 heteroatoms. The van der Waals surface area contributed by atoms with Gasteiger partial charge >= 0.3 is 0 Å². The minimum Gasteiger partial charge on any atom is -0.328 e. The molecule has 0 aliphatic heterocycles. The summed E-state index contributed by atoms with van der Waals surface area (Å²) in [5.74, 6) is -0.267. The first-order valence-corrected chi connectivity index (χ1v) is 5.37. The molecular weight excluding hydrogens is 203 g/mol. The summed E-state index contributed by atoms with van der Waals surface area (Å²) in [5.41, 5.74) is 8.12. The van der Waals surface area contributed by atoms with Crippen LogP contribution in [0.2, 0.25) is 0 Å². The third-order valence-electron chi connectivity index (χ3n) is 2.63. The van der Waals surface area contributed by atoms with Crippen LogP contribution in [-0.2, 0) is 6.42 Å². The van der Waals surface area contributed by atoms with E-state index in [-0.39, 0.29) is 11.9 Å². The van der Waals surface area contributed by atoms with Crippen LogP contribution in [0.1, 0.15) is 18.1 Å². The van der Waals surface area contributed by atoms with Crippen LogP contribution in [0.15, 0.2) is 24.4 Å². The number of hydrogen-bond acceptors (Lipinski definition) is 2. The number of nitrogens with two attached hydrogens (primary N) is 1. The highest BCUT2D eigenvalue weighted by atomic mass is 19.1. The van der Waals surface area contributed by atoms with Gasteiger partial charge in [-0.25, -0.2) is 4.39 Å². The molecule has 1 aromatic carbocycles. The molecule has 0 spiro atoms. The maximum Gasteiger partial charge on any atom is 0.149 e. The zero-order valence-corrected chi connectivity index (χ0v) is 9.50. The number of fused-ring (bicyclic) bond motifs is 1. The fraction of sp³-hybridized carbons (Fsp3) is 0.308. The van der Waals surface area contributed by atoms with E-state index in [1.54, 1.807) is 6.20 Å². The van der Waals surface area contributed by atoms with Crippen LogP contribution in [0.5, 0.6) is 0 Å². The van der Waals surface area contributed by atoms with Crippen molar-refractivity contribution in [3.63, 3.8) is 0 Å². The Morgan fingerprint density at radius 1 is 1.44 bits per heavy atom. The molecule has 0 aliphatic rings. The van der Waals surface area contributed by atoms with Gasteiger partial charge in [0.05, 0.1) is 0 Å². The van der Waals surface area contributed by atoms with Gasteiger partial charge in [-0.15, -0.1) is 0 Å². The third kappa shape index (κ3) is 2.04. The summed E-state index contributed by atoms with van der Waals surface area (Å²) in [6.07, 6.45) is 2.31. The zero-order valence-electron chi connectivity index (χ0n) is 9.50. The van der Waals surface area contributed by atoms with Crippen molar-refractivity contribution in [3.05, 3.63) is 41.3 Å². The molecule has 0 amide bonds. The van der Waals surface area contributed by atoms with Gasteiger partial charge in [0.25, 0.3) is 0 Å². The third-order valence-corrected chi connectivity index (χ3v) is 2.63. The smallest absolute Gasteiger partial charge is 0.149 e. The minimum atomic E-state index is -0.267. The number of rotatable bonds is 2. The molecule has 2 N–H and O–H groups in total. The quantitative estimate of drug-likeness (QED) is 0.841. The van der Waals surface area contributed by atoms with Crippen LogP contribution in [0, 0.1) is 12.7 Å². The topological polar surface area (TPSA) is 38.9 Å². The van der Waals surface area contributed by atoms with E-state index >= 15 is 0 Å². The lowest BCUT2D eigenvalue weighted by Gasteiger charge is -2.08. The van der Waals surface area contributed by atoms with Gasteiger partial charge in [-0.05, 0) is 49.6 Å². The number of aryl methyl sites for hydroxylation is 1. The van der Waals surface area contributed by atoms with Crippen molar-refractivity contribution in [3.8, 4) is 0 Å². The molecular formula is C13H15FN2. The Morgan fingerprint density at radius 2 is 2.19 bits per heavy atom. The van der Waals surface area contributed by atoms with Gasteiger partial charge in [0.2, 0.25) is 0 Å². The van der Waals surface area contributed by atoms with Crippen molar-refractivity contribution < 1.29 is 4.39 Å². The maximum absolute atomic E-state index is 13.8. The van der Waals surface area contributed by atoms with Crippen LogP contribution in [-0.4, -0.2) is 11.0 Å². The summed E-state index contributed by atoms with van der Waals surface area (Å²) in [6, 6.07) is 5.42. The van der Waals surface area contributed by atoms with E-state index in [0.29, 0.717) is 11.9 Å². The molecule has 1 aromatic heterocycles. The second-order valence-electron chi connectivity index (χ2n) is 4.28. The Kier molecular flexibility index (Phi) is 2.88. The Bertz CT molecular complexity index is 521. The van der Waals surface area contributed by atoms with E-state index in [9.17, 15) is 4.39 Å². The zero-order chi connectivity index (χ0) is 11.7. The number of pyridine rings is 1. The van der Waals surface area contributed by atoms with E-state index in [2.05, 4.69) is 4.98 Å². The van der Waals surface area contributed by atoms with E-state index in [1.807, 2.05) is 26.0 Å². The number of halogens is 1. The van der Waals surface area contributed by atoms with Crippen LogP contribution in [0.4, 0.5) is 4.39 Å². The number of aromatic nitrogens is 1. The molecule has 0 fully saturated rings. The number of nitrogens with zero attached hydrogens (tertiary/aromatic N) is 1. The maximum atomic E-state index is 13.8. The summed E-state index contributed by atoms with van der Waals surface area (Å²) in [5, 5.41) is 0.873. The summed E-state index contributed by atoms with van der Waals surface area (Å²) >= 11 is 0. The van der Waals surface area contributed by atoms with Gasteiger partial charge in [0.15, 0.2) is 0 Å². The predicted octanol–water partition coefficient (Wildman–Crippen LogP) is 2.57. The second-order valence-corrected chi connectivity index (χ2v) is 4.28. The van der Waals surface area contributed by atoms with Gasteiger partial charge in [0, 0.05) is 17.6 Å². The largest absolute Gasteiger partial charge is 0.328 e. The highest BCUT2D eigenvalue weighted by molar-refractivity contribution is 5.83. The molecule has 0 bridgehead atoms. The first kappa shape index (κ1) is 11.0. The van der Waals surface area contributed by atoms with Gasteiger partial charge in [0.1, 0.15) is 11.3 Å². The summed E-state index contributed by atoms with van der Waals surface area (Å²) in [6.45, 7) is 3.87. The molecule has 0 saturated carbocycles. The fourth-order valence-corrected chi connectivity index (χ4v) is 1.89. The lowest BCUT2D eigenvalue weighted by Crippen LogP contribution is -2.17. The molecule has 1 heterocycles. The second kappa shape index (κ2) is 4.18. The summed E-state index contributed by atoms with van der Waals surface area (Å²) in [4.78, 5) is 4.06. The number of hydrogen-bond donors (Lipinski definition) is 1. The Hall–Kier alpha value is -1.48. The molecule has 0 radical (unpaired) electrons. The molecule has 84 valence electrons. The monoisotopic (exact) mass is 218 g/mol. The van der Waals surface area contributed by atoms with Crippen LogP contribution in [0.3, 0.4) is 0 Å². The average molecular weight is 218 g/mol. The van der Waals surface area contributed by atoms with Crippen LogP contribution < -0.4 is 5.73 Å². The van der Waals surface area contributed by atoms with Crippen molar-refractivity contribution in [1.82, 2.24) is 4.98 Å². The van der Waals surface area contributed by atoms with Crippen LogP contribution >= 0.6 is 0 Å². The Morgan fingerprint density at radius 3 is 2.88 bits per heavy atom. The molecule has 1 atom stereocenters. The average Bonchev–Trinajstić information content (AvgIpc) is 2.19. The highest BCUT2D eigenvalue weighted by Crippen LogP contribution is 2.21. The van der Waals surface area contributed by atoms with Crippen molar-refractivity contribution in [2.45, 2.75) is 26.3 Å². The molecule has 2 nitrogen and oxygen atoms in total. The van der Waals surface area contributed by atoms with E-state index in [0.717, 1.165) is 16.5 Å². The van der Waals surface area contributed by atoms with Crippen molar-refractivity contribution in [1.29, 1.82) is 0 Å². The van der Waals surface area contributed by atoms with Gasteiger partial charge in [-0.3, -0.25) is 4.98 Å². The molecule has 1 unspecified atom stereocenters. The highest BCUT2D eigenvalue weighted by Gasteiger charge is 2.07. The first-order chi connectivity index (χ1) is 7.58. The summed E-state index contributed by atoms with van der Waals surface area (Å²) < 4.78 is 13.8. The molecule has 2 aromatic rings. The normalized spacial score (nSPS) is 13.0. The minimum absolute atomic E-state index is 0.0360. The van der Waals surface area contributed by atoms with E-state index in [4.69, 9.17) is 5.73 Å². The molecule has 16 heavy (non-hydrogen) atoms. The molecule has 2 rings (SSSR count).